The molecule has 1 aromatic rings. The second-order valence-electron chi connectivity index (χ2n) is 2.38. The minimum atomic E-state index is -0.879. The highest BCUT2D eigenvalue weighted by Crippen LogP contribution is 1.96. The van der Waals surface area contributed by atoms with Gasteiger partial charge in [-0.15, -0.1) is 6.42 Å². The van der Waals surface area contributed by atoms with Crippen molar-refractivity contribution >= 4 is 11.8 Å². The van der Waals surface area contributed by atoms with Crippen molar-refractivity contribution in [2.45, 2.75) is 0 Å². The Morgan fingerprint density at radius 3 is 2.07 bits per heavy atom. The molecule has 0 saturated heterocycles. The zero-order chi connectivity index (χ0) is 11.7. The van der Waals surface area contributed by atoms with Crippen molar-refractivity contribution in [1.29, 1.82) is 0 Å². The molecular weight excluding hydrogens is 192 g/mol. The van der Waals surface area contributed by atoms with Crippen LogP contribution in [0.4, 0.5) is 0 Å². The highest BCUT2D eigenvalue weighted by molar-refractivity contribution is 6.03. The predicted molar refractivity (Wildman–Crippen MR) is 57.4 cm³/mol. The molecule has 0 aliphatic heterocycles. The van der Waals surface area contributed by atoms with Crippen LogP contribution in [0.5, 0.6) is 0 Å². The Labute approximate surface area is 88.1 Å². The number of carbonyl (C=O) groups excluding carboxylic acids is 1. The molecule has 0 fully saturated rings. The molecule has 1 aromatic carbocycles. The molecule has 1 rings (SSSR count). The monoisotopic (exact) mass is 202 g/mol. The normalized spacial score (nSPS) is 7.67. The molecule has 3 heteroatoms. The van der Waals surface area contributed by atoms with Crippen molar-refractivity contribution in [3.63, 3.8) is 0 Å². The Morgan fingerprint density at radius 1 is 1.33 bits per heavy atom. The number of hydrogen-bond acceptors (Lipinski definition) is 2. The van der Waals surface area contributed by atoms with Crippen LogP contribution in [0.1, 0.15) is 10.4 Å². The Hall–Kier alpha value is -2.34. The molecule has 0 radical (unpaired) electrons. The lowest BCUT2D eigenvalue weighted by Gasteiger charge is -1.88. The smallest absolute Gasteiger partial charge is 0.335 e. The molecule has 0 bridgehead atoms. The zero-order valence-electron chi connectivity index (χ0n) is 8.01. The maximum Gasteiger partial charge on any atom is 0.335 e. The molecule has 0 aromatic heterocycles. The summed E-state index contributed by atoms with van der Waals surface area (Å²) in [7, 11) is 0. The number of benzene rings is 1. The summed E-state index contributed by atoms with van der Waals surface area (Å²) in [6, 6.07) is 8.30. The molecule has 1 N–H and O–H groups in total. The maximum atomic E-state index is 10.2. The van der Waals surface area contributed by atoms with Gasteiger partial charge in [0.1, 0.15) is 0 Å². The molecule has 0 aliphatic rings. The Balaban J connectivity index is 0.000000288. The van der Waals surface area contributed by atoms with E-state index in [1.807, 2.05) is 5.92 Å². The molecule has 0 amide bonds. The maximum absolute atomic E-state index is 10.2. The summed E-state index contributed by atoms with van der Waals surface area (Å²) in [5.74, 6) is 0.613. The summed E-state index contributed by atoms with van der Waals surface area (Å²) < 4.78 is 0. The number of carboxylic acids is 1. The Kier molecular flexibility index (Phi) is 5.99. The van der Waals surface area contributed by atoms with Gasteiger partial charge in [-0.05, 0) is 24.1 Å². The first kappa shape index (κ1) is 12.7. The van der Waals surface area contributed by atoms with Gasteiger partial charge in [0.15, 0.2) is 0 Å². The summed E-state index contributed by atoms with van der Waals surface area (Å²) in [5, 5.41) is 8.38. The summed E-state index contributed by atoms with van der Waals surface area (Å²) in [4.78, 5) is 20.0. The summed E-state index contributed by atoms with van der Waals surface area (Å²) in [6.07, 6.45) is 5.71. The van der Waals surface area contributed by atoms with E-state index < -0.39 is 5.97 Å². The fourth-order valence-corrected chi connectivity index (χ4v) is 0.640. The second-order valence-corrected chi connectivity index (χ2v) is 2.38. The first-order chi connectivity index (χ1) is 7.11. The Bertz CT molecular complexity index is 385. The molecule has 0 spiro atoms. The minimum absolute atomic E-state index is 0.331. The van der Waals surface area contributed by atoms with Gasteiger partial charge in [0, 0.05) is 0 Å². The van der Waals surface area contributed by atoms with Crippen LogP contribution in [0.15, 0.2) is 43.0 Å². The highest BCUT2D eigenvalue weighted by Gasteiger charge is 1.96. The lowest BCUT2D eigenvalue weighted by atomic mass is 10.2. The van der Waals surface area contributed by atoms with Crippen molar-refractivity contribution in [2.24, 2.45) is 0 Å². The number of carboxylic acid groups (broad SMARTS) is 1. The largest absolute Gasteiger partial charge is 0.478 e. The third-order valence-electron chi connectivity index (χ3n) is 1.35. The zero-order valence-corrected chi connectivity index (χ0v) is 8.01. The van der Waals surface area contributed by atoms with Crippen LogP contribution in [-0.2, 0) is 4.79 Å². The van der Waals surface area contributed by atoms with Crippen LogP contribution < -0.4 is 0 Å². The number of ketones is 1. The van der Waals surface area contributed by atoms with E-state index >= 15 is 0 Å². The lowest BCUT2D eigenvalue weighted by Crippen LogP contribution is -1.93. The number of terminal acetylenes is 1. The van der Waals surface area contributed by atoms with E-state index in [9.17, 15) is 9.59 Å². The molecule has 0 heterocycles. The van der Waals surface area contributed by atoms with Crippen LogP contribution in [0, 0.1) is 12.3 Å². The molecule has 15 heavy (non-hydrogen) atoms. The van der Waals surface area contributed by atoms with E-state index in [1.165, 1.54) is 0 Å². The fourth-order valence-electron chi connectivity index (χ4n) is 0.640. The van der Waals surface area contributed by atoms with Crippen molar-refractivity contribution in [2.75, 3.05) is 0 Å². The predicted octanol–water partition coefficient (Wildman–Crippen LogP) is 1.76. The average molecular weight is 202 g/mol. The van der Waals surface area contributed by atoms with Crippen molar-refractivity contribution < 1.29 is 14.7 Å². The standard InChI is InChI=1S/C7H6O2.C5H4O/c8-7(9)6-4-2-1-3-5-6;1-3-5(6)4-2/h1-5H,(H,8,9);1,4H,2H2. The van der Waals surface area contributed by atoms with E-state index in [-0.39, 0.29) is 5.78 Å². The first-order valence-electron chi connectivity index (χ1n) is 4.03. The second kappa shape index (κ2) is 7.10. The van der Waals surface area contributed by atoms with Gasteiger partial charge in [-0.25, -0.2) is 4.79 Å². The van der Waals surface area contributed by atoms with Crippen LogP contribution in [-0.4, -0.2) is 16.9 Å². The molecular formula is C12H10O3. The lowest BCUT2D eigenvalue weighted by molar-refractivity contribution is -0.109. The van der Waals surface area contributed by atoms with Gasteiger partial charge < -0.3 is 5.11 Å². The molecule has 0 atom stereocenters. The van der Waals surface area contributed by atoms with E-state index in [0.29, 0.717) is 5.56 Å². The number of hydrogen-bond donors (Lipinski definition) is 1. The van der Waals surface area contributed by atoms with E-state index in [0.717, 1.165) is 6.08 Å². The van der Waals surface area contributed by atoms with E-state index in [4.69, 9.17) is 5.11 Å². The van der Waals surface area contributed by atoms with Crippen LogP contribution in [0.2, 0.25) is 0 Å². The average Bonchev–Trinajstić information content (AvgIpc) is 2.30. The number of rotatable bonds is 2. The SMILES string of the molecule is C#CC(=O)C=C.O=C(O)c1ccccc1. The topological polar surface area (TPSA) is 54.4 Å². The summed E-state index contributed by atoms with van der Waals surface area (Å²) in [6.45, 7) is 3.14. The van der Waals surface area contributed by atoms with Gasteiger partial charge in [0.2, 0.25) is 5.78 Å². The first-order valence-corrected chi connectivity index (χ1v) is 4.03. The van der Waals surface area contributed by atoms with Crippen molar-refractivity contribution in [3.05, 3.63) is 48.6 Å². The molecule has 0 aliphatic carbocycles. The van der Waals surface area contributed by atoms with E-state index in [2.05, 4.69) is 13.0 Å². The van der Waals surface area contributed by atoms with Gasteiger partial charge in [0.05, 0.1) is 5.56 Å². The van der Waals surface area contributed by atoms with Crippen molar-refractivity contribution in [3.8, 4) is 12.3 Å². The highest BCUT2D eigenvalue weighted by atomic mass is 16.4. The van der Waals surface area contributed by atoms with Crippen LogP contribution in [0.25, 0.3) is 0 Å². The van der Waals surface area contributed by atoms with Gasteiger partial charge in [0.25, 0.3) is 0 Å². The molecule has 76 valence electrons. The van der Waals surface area contributed by atoms with E-state index in [1.54, 1.807) is 30.3 Å². The molecule has 3 nitrogen and oxygen atoms in total. The Morgan fingerprint density at radius 2 is 1.87 bits per heavy atom. The van der Waals surface area contributed by atoms with Crippen LogP contribution in [0.3, 0.4) is 0 Å². The van der Waals surface area contributed by atoms with Crippen LogP contribution >= 0.6 is 0 Å². The quantitative estimate of drug-likeness (QED) is 0.451. The third-order valence-corrected chi connectivity index (χ3v) is 1.35. The van der Waals surface area contributed by atoms with Gasteiger partial charge in [-0.3, -0.25) is 4.79 Å². The fraction of sp³-hybridized carbons (Fsp3) is 0. The van der Waals surface area contributed by atoms with Gasteiger partial charge in [-0.2, -0.15) is 0 Å². The number of carbonyl (C=O) groups is 2. The van der Waals surface area contributed by atoms with Gasteiger partial charge >= 0.3 is 5.97 Å². The number of allylic oxidation sites excluding steroid dienone is 1. The minimum Gasteiger partial charge on any atom is -0.478 e. The number of aromatic carboxylic acids is 1. The third kappa shape index (κ3) is 5.83. The summed E-state index contributed by atoms with van der Waals surface area (Å²) >= 11 is 0. The summed E-state index contributed by atoms with van der Waals surface area (Å²) in [5.41, 5.74) is 0.331. The van der Waals surface area contributed by atoms with Gasteiger partial charge in [-0.1, -0.05) is 24.8 Å². The van der Waals surface area contributed by atoms with Crippen molar-refractivity contribution in [1.82, 2.24) is 0 Å². The molecule has 0 unspecified atom stereocenters. The molecule has 0 saturated carbocycles.